The van der Waals surface area contributed by atoms with Crippen molar-refractivity contribution in [2.45, 2.75) is 12.6 Å². The van der Waals surface area contributed by atoms with Crippen LogP contribution in [0.25, 0.3) is 0 Å². The molecule has 1 aliphatic rings. The molecule has 6 nitrogen and oxygen atoms in total. The van der Waals surface area contributed by atoms with E-state index in [-0.39, 0.29) is 12.5 Å². The average molecular weight is 249 g/mol. The number of piperazine rings is 1. The first-order chi connectivity index (χ1) is 8.69. The second kappa shape index (κ2) is 5.59. The highest BCUT2D eigenvalue weighted by atomic mass is 16.5. The van der Waals surface area contributed by atoms with E-state index >= 15 is 0 Å². The highest BCUT2D eigenvalue weighted by molar-refractivity contribution is 5.86. The van der Waals surface area contributed by atoms with Crippen LogP contribution in [0.1, 0.15) is 5.56 Å². The first-order valence-electron chi connectivity index (χ1n) is 5.67. The molecule has 1 N–H and O–H groups in total. The van der Waals surface area contributed by atoms with Gasteiger partial charge in [-0.15, -0.1) is 0 Å². The Labute approximate surface area is 105 Å². The molecule has 1 fully saturated rings. The zero-order valence-electron chi connectivity index (χ0n) is 10.1. The fourth-order valence-corrected chi connectivity index (χ4v) is 1.95. The molecule has 0 saturated carbocycles. The van der Waals surface area contributed by atoms with E-state index < -0.39 is 12.0 Å². The van der Waals surface area contributed by atoms with Crippen LogP contribution in [0.15, 0.2) is 24.5 Å². The average Bonchev–Trinajstić information content (AvgIpc) is 2.38. The molecule has 1 atom stereocenters. The molecule has 0 spiro atoms. The fourth-order valence-electron chi connectivity index (χ4n) is 1.95. The van der Waals surface area contributed by atoms with Crippen molar-refractivity contribution in [2.24, 2.45) is 0 Å². The van der Waals surface area contributed by atoms with Gasteiger partial charge in [0, 0.05) is 25.5 Å². The molecule has 0 aliphatic carbocycles. The molecule has 0 aromatic carbocycles. The quantitative estimate of drug-likeness (QED) is 0.735. The van der Waals surface area contributed by atoms with Gasteiger partial charge in [0.2, 0.25) is 5.91 Å². The lowest BCUT2D eigenvalue weighted by atomic mass is 10.1. The number of nitrogens with one attached hydrogen (secondary N) is 1. The number of amides is 1. The standard InChI is InChI=1S/C12H15N3O3/c1-18-12(17)10-7-15(8-11(16)14-10)6-9-2-4-13-5-3-9/h2-5,10H,6-8H2,1H3,(H,14,16). The molecule has 1 aromatic rings. The number of hydrogen-bond acceptors (Lipinski definition) is 5. The number of ether oxygens (including phenoxy) is 1. The third-order valence-electron chi connectivity index (χ3n) is 2.78. The van der Waals surface area contributed by atoms with Gasteiger partial charge in [-0.3, -0.25) is 14.7 Å². The highest BCUT2D eigenvalue weighted by Gasteiger charge is 2.30. The van der Waals surface area contributed by atoms with Gasteiger partial charge in [0.1, 0.15) is 6.04 Å². The van der Waals surface area contributed by atoms with Crippen molar-refractivity contribution < 1.29 is 14.3 Å². The minimum absolute atomic E-state index is 0.161. The van der Waals surface area contributed by atoms with Crippen LogP contribution >= 0.6 is 0 Å². The Bertz CT molecular complexity index is 435. The monoisotopic (exact) mass is 249 g/mol. The summed E-state index contributed by atoms with van der Waals surface area (Å²) in [5, 5.41) is 2.62. The number of carbonyl (C=O) groups excluding carboxylic acids is 2. The van der Waals surface area contributed by atoms with E-state index in [9.17, 15) is 9.59 Å². The number of carbonyl (C=O) groups is 2. The van der Waals surface area contributed by atoms with Crippen LogP contribution in [-0.4, -0.2) is 48.0 Å². The molecule has 2 rings (SSSR count). The largest absolute Gasteiger partial charge is 0.467 e. The van der Waals surface area contributed by atoms with Crippen molar-refractivity contribution in [3.8, 4) is 0 Å². The minimum atomic E-state index is -0.585. The van der Waals surface area contributed by atoms with Crippen LogP contribution in [0.5, 0.6) is 0 Å². The number of hydrogen-bond donors (Lipinski definition) is 1. The van der Waals surface area contributed by atoms with Crippen molar-refractivity contribution in [1.29, 1.82) is 0 Å². The number of rotatable bonds is 3. The normalized spacial score (nSPS) is 20.3. The maximum absolute atomic E-state index is 11.5. The summed E-state index contributed by atoms with van der Waals surface area (Å²) in [5.41, 5.74) is 1.06. The van der Waals surface area contributed by atoms with E-state index in [1.165, 1.54) is 7.11 Å². The predicted octanol–water partition coefficient (Wildman–Crippen LogP) is -0.445. The van der Waals surface area contributed by atoms with E-state index in [1.54, 1.807) is 12.4 Å². The minimum Gasteiger partial charge on any atom is -0.467 e. The van der Waals surface area contributed by atoms with Gasteiger partial charge in [-0.05, 0) is 17.7 Å². The Hall–Kier alpha value is -1.95. The molecule has 0 bridgehead atoms. The summed E-state index contributed by atoms with van der Waals surface area (Å²) >= 11 is 0. The lowest BCUT2D eigenvalue weighted by molar-refractivity contribution is -0.147. The summed E-state index contributed by atoms with van der Waals surface area (Å²) in [6.07, 6.45) is 3.41. The molecular weight excluding hydrogens is 234 g/mol. The van der Waals surface area contributed by atoms with E-state index in [0.29, 0.717) is 13.1 Å². The molecule has 0 radical (unpaired) electrons. The van der Waals surface area contributed by atoms with Gasteiger partial charge in [-0.2, -0.15) is 0 Å². The topological polar surface area (TPSA) is 71.5 Å². The van der Waals surface area contributed by atoms with E-state index in [4.69, 9.17) is 0 Å². The first-order valence-corrected chi connectivity index (χ1v) is 5.67. The van der Waals surface area contributed by atoms with Crippen molar-refractivity contribution in [1.82, 2.24) is 15.2 Å². The summed E-state index contributed by atoms with van der Waals surface area (Å²) in [5.74, 6) is -0.575. The van der Waals surface area contributed by atoms with Crippen molar-refractivity contribution >= 4 is 11.9 Å². The third kappa shape index (κ3) is 3.04. The lowest BCUT2D eigenvalue weighted by Crippen LogP contribution is -2.57. The van der Waals surface area contributed by atoms with Gasteiger partial charge in [-0.25, -0.2) is 4.79 Å². The number of aromatic nitrogens is 1. The van der Waals surface area contributed by atoms with Crippen LogP contribution < -0.4 is 5.32 Å². The van der Waals surface area contributed by atoms with E-state index in [2.05, 4.69) is 15.0 Å². The molecule has 6 heteroatoms. The molecular formula is C12H15N3O3. The van der Waals surface area contributed by atoms with Gasteiger partial charge in [0.25, 0.3) is 0 Å². The number of esters is 1. The number of methoxy groups -OCH3 is 1. The molecule has 96 valence electrons. The molecule has 1 saturated heterocycles. The van der Waals surface area contributed by atoms with Gasteiger partial charge in [0.05, 0.1) is 13.7 Å². The number of nitrogens with zero attached hydrogens (tertiary/aromatic N) is 2. The fraction of sp³-hybridized carbons (Fsp3) is 0.417. The lowest BCUT2D eigenvalue weighted by Gasteiger charge is -2.31. The Morgan fingerprint density at radius 2 is 2.28 bits per heavy atom. The smallest absolute Gasteiger partial charge is 0.329 e. The maximum atomic E-state index is 11.5. The summed E-state index contributed by atoms with van der Waals surface area (Å²) in [6, 6.07) is 3.19. The Morgan fingerprint density at radius 1 is 1.56 bits per heavy atom. The van der Waals surface area contributed by atoms with Gasteiger partial charge in [0.15, 0.2) is 0 Å². The second-order valence-electron chi connectivity index (χ2n) is 4.17. The molecule has 1 amide bonds. The predicted molar refractivity (Wildman–Crippen MR) is 63.5 cm³/mol. The molecule has 1 aromatic heterocycles. The molecule has 1 aliphatic heterocycles. The zero-order valence-corrected chi connectivity index (χ0v) is 10.1. The van der Waals surface area contributed by atoms with Gasteiger partial charge >= 0.3 is 5.97 Å². The Balaban J connectivity index is 2.00. The van der Waals surface area contributed by atoms with Crippen LogP contribution in [0.4, 0.5) is 0 Å². The molecule has 2 heterocycles. The van der Waals surface area contributed by atoms with Crippen molar-refractivity contribution in [3.05, 3.63) is 30.1 Å². The number of pyridine rings is 1. The maximum Gasteiger partial charge on any atom is 0.329 e. The van der Waals surface area contributed by atoms with Crippen LogP contribution in [0, 0.1) is 0 Å². The first kappa shape index (κ1) is 12.5. The van der Waals surface area contributed by atoms with Crippen LogP contribution in [0.2, 0.25) is 0 Å². The summed E-state index contributed by atoms with van der Waals surface area (Å²) < 4.78 is 4.65. The van der Waals surface area contributed by atoms with Crippen LogP contribution in [-0.2, 0) is 20.9 Å². The highest BCUT2D eigenvalue weighted by Crippen LogP contribution is 2.07. The molecule has 1 unspecified atom stereocenters. The summed E-state index contributed by atoms with van der Waals surface area (Å²) in [4.78, 5) is 28.8. The van der Waals surface area contributed by atoms with Gasteiger partial charge < -0.3 is 10.1 Å². The molecule has 18 heavy (non-hydrogen) atoms. The zero-order chi connectivity index (χ0) is 13.0. The second-order valence-corrected chi connectivity index (χ2v) is 4.17. The Kier molecular flexibility index (Phi) is 3.88. The van der Waals surface area contributed by atoms with E-state index in [0.717, 1.165) is 5.56 Å². The summed E-state index contributed by atoms with van der Waals surface area (Å²) in [7, 11) is 1.32. The van der Waals surface area contributed by atoms with Crippen molar-refractivity contribution in [3.63, 3.8) is 0 Å². The summed E-state index contributed by atoms with van der Waals surface area (Å²) in [6.45, 7) is 1.36. The SMILES string of the molecule is COC(=O)C1CN(Cc2ccncc2)CC(=O)N1. The van der Waals surface area contributed by atoms with Crippen molar-refractivity contribution in [2.75, 3.05) is 20.2 Å². The third-order valence-corrected chi connectivity index (χ3v) is 2.78. The van der Waals surface area contributed by atoms with Crippen LogP contribution in [0.3, 0.4) is 0 Å². The van der Waals surface area contributed by atoms with Gasteiger partial charge in [-0.1, -0.05) is 0 Å². The van der Waals surface area contributed by atoms with E-state index in [1.807, 2.05) is 17.0 Å². The Morgan fingerprint density at radius 3 is 2.94 bits per heavy atom.